The summed E-state index contributed by atoms with van der Waals surface area (Å²) in [6.07, 6.45) is 7.64. The zero-order valence-corrected chi connectivity index (χ0v) is 6.59. The Morgan fingerprint density at radius 3 is 2.55 bits per heavy atom. The number of hydrogen-bond acceptors (Lipinski definition) is 2. The highest BCUT2D eigenvalue weighted by atomic mass is 14.4. The first-order valence-electron chi connectivity index (χ1n) is 3.27. The van der Waals surface area contributed by atoms with E-state index in [9.17, 15) is 0 Å². The Morgan fingerprint density at radius 2 is 2.09 bits per heavy atom. The first kappa shape index (κ1) is 9.56. The summed E-state index contributed by atoms with van der Waals surface area (Å²) in [5.41, 5.74) is 1.26. The maximum absolute atomic E-state index is 7.40. The number of nitrogens with one attached hydrogen (secondary N) is 2. The van der Waals surface area contributed by atoms with Crippen LogP contribution in [0.4, 0.5) is 0 Å². The first-order chi connectivity index (χ1) is 5.22. The van der Waals surface area contributed by atoms with Crippen molar-refractivity contribution in [3.8, 4) is 0 Å². The molecule has 0 aliphatic carbocycles. The smallest absolute Gasteiger partial charge is 0.0569 e. The predicted molar refractivity (Wildman–Crippen MR) is 49.6 cm³/mol. The van der Waals surface area contributed by atoms with Gasteiger partial charge in [-0.2, -0.15) is 0 Å². The maximum Gasteiger partial charge on any atom is 0.0569 e. The van der Waals surface area contributed by atoms with E-state index in [1.165, 1.54) is 6.08 Å². The summed E-state index contributed by atoms with van der Waals surface area (Å²) in [6.45, 7) is 5.35. The number of allylic oxidation sites excluding steroid dienone is 5. The van der Waals surface area contributed by atoms with Gasteiger partial charge in [-0.15, -0.1) is 0 Å². The molecule has 0 bridgehead atoms. The van der Waals surface area contributed by atoms with Gasteiger partial charge in [0.1, 0.15) is 0 Å². The van der Waals surface area contributed by atoms with E-state index in [4.69, 9.17) is 10.8 Å². The second kappa shape index (κ2) is 5.35. The van der Waals surface area contributed by atoms with Crippen LogP contribution in [-0.2, 0) is 0 Å². The topological polar surface area (TPSA) is 47.7 Å². The lowest BCUT2D eigenvalue weighted by Crippen LogP contribution is -1.91. The summed E-state index contributed by atoms with van der Waals surface area (Å²) in [6, 6.07) is 0. The van der Waals surface area contributed by atoms with Gasteiger partial charge in [0.25, 0.3) is 0 Å². The summed E-state index contributed by atoms with van der Waals surface area (Å²) in [5, 5.41) is 14.1. The van der Waals surface area contributed by atoms with Crippen LogP contribution in [0.15, 0.2) is 36.5 Å². The predicted octanol–water partition coefficient (Wildman–Crippen LogP) is 2.34. The minimum Gasteiger partial charge on any atom is -0.309 e. The highest BCUT2D eigenvalue weighted by Gasteiger charge is 1.90. The molecule has 0 aromatic heterocycles. The molecule has 0 unspecified atom stereocenters. The molecule has 0 heterocycles. The Labute approximate surface area is 67.0 Å². The van der Waals surface area contributed by atoms with Gasteiger partial charge in [-0.25, -0.2) is 0 Å². The van der Waals surface area contributed by atoms with Crippen LogP contribution in [-0.4, -0.2) is 11.9 Å². The molecule has 2 N–H and O–H groups in total. The van der Waals surface area contributed by atoms with Crippen LogP contribution in [0, 0.1) is 10.8 Å². The second-order valence-corrected chi connectivity index (χ2v) is 2.02. The Morgan fingerprint density at radius 1 is 1.45 bits per heavy atom. The summed E-state index contributed by atoms with van der Waals surface area (Å²) < 4.78 is 0. The number of hydrogen-bond donors (Lipinski definition) is 2. The van der Waals surface area contributed by atoms with Crippen molar-refractivity contribution >= 4 is 11.9 Å². The maximum atomic E-state index is 7.40. The van der Waals surface area contributed by atoms with Crippen molar-refractivity contribution in [1.29, 1.82) is 10.8 Å². The fourth-order valence-corrected chi connectivity index (χ4v) is 0.542. The molecule has 11 heavy (non-hydrogen) atoms. The average molecular weight is 148 g/mol. The van der Waals surface area contributed by atoms with Crippen LogP contribution in [0.25, 0.3) is 0 Å². The van der Waals surface area contributed by atoms with E-state index in [1.54, 1.807) is 18.2 Å². The summed E-state index contributed by atoms with van der Waals surface area (Å²) in [7, 11) is 0. The molecular formula is C9H12N2. The van der Waals surface area contributed by atoms with Crippen LogP contribution in [0.2, 0.25) is 0 Å². The zero-order valence-electron chi connectivity index (χ0n) is 6.59. The zero-order chi connectivity index (χ0) is 8.69. The summed E-state index contributed by atoms with van der Waals surface area (Å²) in [5.74, 6) is 0. The third-order valence-corrected chi connectivity index (χ3v) is 1.15. The SMILES string of the molecule is C=C/C=C(\C)C(=N)/C=C\C=N. The molecule has 0 saturated heterocycles. The average Bonchev–Trinajstić information content (AvgIpc) is 2.00. The molecule has 2 heteroatoms. The Kier molecular flexibility index (Phi) is 4.65. The van der Waals surface area contributed by atoms with Crippen LogP contribution < -0.4 is 0 Å². The summed E-state index contributed by atoms with van der Waals surface area (Å²) in [4.78, 5) is 0. The van der Waals surface area contributed by atoms with E-state index in [0.29, 0.717) is 5.71 Å². The van der Waals surface area contributed by atoms with Gasteiger partial charge >= 0.3 is 0 Å². The molecule has 0 spiro atoms. The highest BCUT2D eigenvalue weighted by molar-refractivity contribution is 6.07. The van der Waals surface area contributed by atoms with Gasteiger partial charge in [0.05, 0.1) is 5.71 Å². The van der Waals surface area contributed by atoms with Crippen LogP contribution in [0.5, 0.6) is 0 Å². The molecule has 2 nitrogen and oxygen atoms in total. The molecule has 0 rings (SSSR count). The third-order valence-electron chi connectivity index (χ3n) is 1.15. The van der Waals surface area contributed by atoms with Crippen molar-refractivity contribution < 1.29 is 0 Å². The first-order valence-corrected chi connectivity index (χ1v) is 3.27. The quantitative estimate of drug-likeness (QED) is 0.454. The van der Waals surface area contributed by atoms with E-state index in [-0.39, 0.29) is 0 Å². The van der Waals surface area contributed by atoms with Crippen molar-refractivity contribution in [3.63, 3.8) is 0 Å². The van der Waals surface area contributed by atoms with Crippen LogP contribution in [0.3, 0.4) is 0 Å². The van der Waals surface area contributed by atoms with E-state index in [1.807, 2.05) is 6.92 Å². The minimum absolute atomic E-state index is 0.411. The van der Waals surface area contributed by atoms with Gasteiger partial charge in [0.15, 0.2) is 0 Å². The van der Waals surface area contributed by atoms with Crippen molar-refractivity contribution in [2.24, 2.45) is 0 Å². The van der Waals surface area contributed by atoms with E-state index < -0.39 is 0 Å². The second-order valence-electron chi connectivity index (χ2n) is 2.02. The Balaban J connectivity index is 4.24. The van der Waals surface area contributed by atoms with Gasteiger partial charge in [-0.05, 0) is 24.6 Å². The standard InChI is InChI=1S/C9H12N2/c1-3-5-8(2)9(11)6-4-7-10/h3-7,10-11H,1H2,2H3/b6-4-,8-5+,10-7?,11-9?. The molecule has 0 aromatic rings. The molecule has 0 aliphatic rings. The molecule has 0 fully saturated rings. The normalized spacial score (nSPS) is 11.5. The van der Waals surface area contributed by atoms with Gasteiger partial charge in [-0.1, -0.05) is 18.7 Å². The van der Waals surface area contributed by atoms with E-state index in [0.717, 1.165) is 11.8 Å². The van der Waals surface area contributed by atoms with Crippen molar-refractivity contribution in [2.45, 2.75) is 6.92 Å². The Hall–Kier alpha value is -1.44. The molecule has 0 aromatic carbocycles. The highest BCUT2D eigenvalue weighted by Crippen LogP contribution is 1.95. The molecule has 0 saturated carbocycles. The molecule has 0 aliphatic heterocycles. The minimum atomic E-state index is 0.411. The molecule has 0 amide bonds. The van der Waals surface area contributed by atoms with Gasteiger partial charge in [-0.3, -0.25) is 0 Å². The third kappa shape index (κ3) is 4.03. The van der Waals surface area contributed by atoms with Crippen molar-refractivity contribution in [1.82, 2.24) is 0 Å². The number of rotatable bonds is 4. The fraction of sp³-hybridized carbons (Fsp3) is 0.111. The Bertz CT molecular complexity index is 222. The molecule has 0 atom stereocenters. The van der Waals surface area contributed by atoms with Crippen molar-refractivity contribution in [3.05, 3.63) is 36.5 Å². The fourth-order valence-electron chi connectivity index (χ4n) is 0.542. The van der Waals surface area contributed by atoms with E-state index in [2.05, 4.69) is 6.58 Å². The van der Waals surface area contributed by atoms with Gasteiger partial charge < -0.3 is 10.8 Å². The summed E-state index contributed by atoms with van der Waals surface area (Å²) >= 11 is 0. The lowest BCUT2D eigenvalue weighted by atomic mass is 10.1. The van der Waals surface area contributed by atoms with Gasteiger partial charge in [0.2, 0.25) is 0 Å². The monoisotopic (exact) mass is 148 g/mol. The largest absolute Gasteiger partial charge is 0.309 e. The van der Waals surface area contributed by atoms with Crippen molar-refractivity contribution in [2.75, 3.05) is 0 Å². The van der Waals surface area contributed by atoms with Crippen LogP contribution >= 0.6 is 0 Å². The lowest BCUT2D eigenvalue weighted by Gasteiger charge is -1.93. The molecule has 0 radical (unpaired) electrons. The molecule has 58 valence electrons. The lowest BCUT2D eigenvalue weighted by molar-refractivity contribution is 1.46. The van der Waals surface area contributed by atoms with Gasteiger partial charge in [0, 0.05) is 6.21 Å². The molecular weight excluding hydrogens is 136 g/mol. The van der Waals surface area contributed by atoms with E-state index >= 15 is 0 Å². The van der Waals surface area contributed by atoms with Crippen LogP contribution in [0.1, 0.15) is 6.92 Å².